The molecule has 0 unspecified atom stereocenters. The molecule has 0 spiro atoms. The van der Waals surface area contributed by atoms with Gasteiger partial charge >= 0.3 is 0 Å². The number of halogens is 2. The van der Waals surface area contributed by atoms with Crippen molar-refractivity contribution in [3.05, 3.63) is 44.1 Å². The van der Waals surface area contributed by atoms with E-state index in [2.05, 4.69) is 52.4 Å². The van der Waals surface area contributed by atoms with Crippen molar-refractivity contribution < 1.29 is 4.79 Å². The number of rotatable bonds is 2. The van der Waals surface area contributed by atoms with Gasteiger partial charge in [-0.2, -0.15) is 5.10 Å². The third kappa shape index (κ3) is 2.51. The zero-order valence-corrected chi connectivity index (χ0v) is 14.5. The van der Waals surface area contributed by atoms with Crippen LogP contribution in [0.25, 0.3) is 10.9 Å². The maximum Gasteiger partial charge on any atom is 0.259 e. The number of aryl methyl sites for hydroxylation is 1. The Morgan fingerprint density at radius 1 is 1.24 bits per heavy atom. The van der Waals surface area contributed by atoms with Crippen molar-refractivity contribution in [2.24, 2.45) is 0 Å². The van der Waals surface area contributed by atoms with Crippen LogP contribution in [0.15, 0.2) is 27.3 Å². The summed E-state index contributed by atoms with van der Waals surface area (Å²) in [6.45, 7) is 3.83. The zero-order chi connectivity index (χ0) is 15.1. The Hall–Kier alpha value is -1.60. The SMILES string of the molecule is Cc1[nH]nc(NC(=O)c2c[nH]c3cc(Br)c(Br)cc23)c1C. The Labute approximate surface area is 137 Å². The van der Waals surface area contributed by atoms with Gasteiger partial charge in [-0.3, -0.25) is 9.89 Å². The molecule has 108 valence electrons. The number of fused-ring (bicyclic) bond motifs is 1. The quantitative estimate of drug-likeness (QED) is 0.588. The van der Waals surface area contributed by atoms with Gasteiger partial charge in [0.05, 0.1) is 5.56 Å². The van der Waals surface area contributed by atoms with Gasteiger partial charge in [0.2, 0.25) is 0 Å². The monoisotopic (exact) mass is 410 g/mol. The molecular weight excluding hydrogens is 400 g/mol. The number of aromatic amines is 2. The van der Waals surface area contributed by atoms with Crippen molar-refractivity contribution in [1.29, 1.82) is 0 Å². The van der Waals surface area contributed by atoms with E-state index in [1.54, 1.807) is 6.20 Å². The van der Waals surface area contributed by atoms with Crippen LogP contribution in [0.4, 0.5) is 5.82 Å². The van der Waals surface area contributed by atoms with Gasteiger partial charge in [0.15, 0.2) is 5.82 Å². The fourth-order valence-electron chi connectivity index (χ4n) is 2.09. The third-order valence-electron chi connectivity index (χ3n) is 3.45. The highest BCUT2D eigenvalue weighted by molar-refractivity contribution is 9.13. The summed E-state index contributed by atoms with van der Waals surface area (Å²) >= 11 is 6.90. The van der Waals surface area contributed by atoms with Gasteiger partial charge in [0.1, 0.15) is 0 Å². The minimum atomic E-state index is -0.190. The summed E-state index contributed by atoms with van der Waals surface area (Å²) in [6, 6.07) is 3.84. The van der Waals surface area contributed by atoms with E-state index >= 15 is 0 Å². The zero-order valence-electron chi connectivity index (χ0n) is 11.3. The number of aromatic nitrogens is 3. The number of amides is 1. The van der Waals surface area contributed by atoms with Gasteiger partial charge in [-0.05, 0) is 57.8 Å². The molecule has 0 saturated heterocycles. The minimum Gasteiger partial charge on any atom is -0.360 e. The Morgan fingerprint density at radius 2 is 1.95 bits per heavy atom. The van der Waals surface area contributed by atoms with E-state index < -0.39 is 0 Å². The summed E-state index contributed by atoms with van der Waals surface area (Å²) in [5, 5.41) is 10.6. The molecule has 2 heterocycles. The molecule has 0 bridgehead atoms. The molecule has 0 fully saturated rings. The highest BCUT2D eigenvalue weighted by Gasteiger charge is 2.16. The van der Waals surface area contributed by atoms with Crippen LogP contribution in [-0.4, -0.2) is 21.1 Å². The third-order valence-corrected chi connectivity index (χ3v) is 5.30. The van der Waals surface area contributed by atoms with Crippen molar-refractivity contribution in [2.75, 3.05) is 5.32 Å². The standard InChI is InChI=1S/C14H12Br2N4O/c1-6-7(2)19-20-13(6)18-14(21)9-5-17-12-4-11(16)10(15)3-8(9)12/h3-5,17H,1-2H3,(H2,18,19,20,21). The molecule has 2 aromatic heterocycles. The van der Waals surface area contributed by atoms with Crippen LogP contribution in [0.2, 0.25) is 0 Å². The van der Waals surface area contributed by atoms with Crippen molar-refractivity contribution in [3.8, 4) is 0 Å². The number of carbonyl (C=O) groups excluding carboxylic acids is 1. The first kappa shape index (κ1) is 14.3. The second kappa shape index (κ2) is 5.31. The van der Waals surface area contributed by atoms with E-state index in [1.165, 1.54) is 0 Å². The molecule has 21 heavy (non-hydrogen) atoms. The molecule has 3 aromatic rings. The smallest absolute Gasteiger partial charge is 0.259 e. The number of nitrogens with zero attached hydrogens (tertiary/aromatic N) is 1. The Morgan fingerprint density at radius 3 is 2.62 bits per heavy atom. The van der Waals surface area contributed by atoms with E-state index in [9.17, 15) is 4.79 Å². The molecule has 0 saturated carbocycles. The van der Waals surface area contributed by atoms with Crippen molar-refractivity contribution in [2.45, 2.75) is 13.8 Å². The summed E-state index contributed by atoms with van der Waals surface area (Å²) in [5.41, 5.74) is 3.35. The maximum absolute atomic E-state index is 12.4. The van der Waals surface area contributed by atoms with E-state index in [0.717, 1.165) is 31.1 Å². The van der Waals surface area contributed by atoms with E-state index in [-0.39, 0.29) is 5.91 Å². The van der Waals surface area contributed by atoms with Gasteiger partial charge in [0, 0.05) is 37.3 Å². The maximum atomic E-state index is 12.4. The Kier molecular flexibility index (Phi) is 3.62. The second-order valence-electron chi connectivity index (χ2n) is 4.79. The number of H-pyrrole nitrogens is 2. The fourth-order valence-corrected chi connectivity index (χ4v) is 2.77. The van der Waals surface area contributed by atoms with E-state index in [4.69, 9.17) is 0 Å². The van der Waals surface area contributed by atoms with Gasteiger partial charge in [-0.15, -0.1) is 0 Å². The summed E-state index contributed by atoms with van der Waals surface area (Å²) < 4.78 is 1.83. The molecule has 0 aliphatic heterocycles. The average Bonchev–Trinajstić information content (AvgIpc) is 2.98. The highest BCUT2D eigenvalue weighted by atomic mass is 79.9. The first-order valence-corrected chi connectivity index (χ1v) is 7.85. The van der Waals surface area contributed by atoms with E-state index in [1.807, 2.05) is 26.0 Å². The van der Waals surface area contributed by atoms with Crippen LogP contribution >= 0.6 is 31.9 Å². The fraction of sp³-hybridized carbons (Fsp3) is 0.143. The highest BCUT2D eigenvalue weighted by Crippen LogP contribution is 2.30. The number of nitrogens with one attached hydrogen (secondary N) is 3. The normalized spacial score (nSPS) is 11.0. The van der Waals surface area contributed by atoms with Gasteiger partial charge in [-0.1, -0.05) is 0 Å². The molecule has 3 N–H and O–H groups in total. The van der Waals surface area contributed by atoms with Gasteiger partial charge in [-0.25, -0.2) is 0 Å². The van der Waals surface area contributed by atoms with Crippen molar-refractivity contribution in [3.63, 3.8) is 0 Å². The predicted octanol–water partition coefficient (Wildman–Crippen LogP) is 4.29. The van der Waals surface area contributed by atoms with Crippen LogP contribution < -0.4 is 5.32 Å². The van der Waals surface area contributed by atoms with Crippen LogP contribution in [0, 0.1) is 13.8 Å². The molecule has 0 radical (unpaired) electrons. The number of carbonyl (C=O) groups is 1. The van der Waals surface area contributed by atoms with Crippen LogP contribution in [0.3, 0.4) is 0 Å². The molecule has 1 amide bonds. The predicted molar refractivity (Wildman–Crippen MR) is 89.7 cm³/mol. The van der Waals surface area contributed by atoms with Crippen LogP contribution in [0.1, 0.15) is 21.6 Å². The number of hydrogen-bond donors (Lipinski definition) is 3. The lowest BCUT2D eigenvalue weighted by Crippen LogP contribution is -2.12. The molecule has 0 aliphatic rings. The van der Waals surface area contributed by atoms with Gasteiger partial charge in [0.25, 0.3) is 5.91 Å². The minimum absolute atomic E-state index is 0.190. The molecule has 5 nitrogen and oxygen atoms in total. The summed E-state index contributed by atoms with van der Waals surface area (Å²) in [5.74, 6) is 0.369. The second-order valence-corrected chi connectivity index (χ2v) is 6.50. The van der Waals surface area contributed by atoms with Crippen LogP contribution in [-0.2, 0) is 0 Å². The number of hydrogen-bond acceptors (Lipinski definition) is 2. The molecule has 1 aromatic carbocycles. The largest absolute Gasteiger partial charge is 0.360 e. The first-order valence-electron chi connectivity index (χ1n) is 6.26. The lowest BCUT2D eigenvalue weighted by molar-refractivity contribution is 0.102. The summed E-state index contributed by atoms with van der Waals surface area (Å²) in [4.78, 5) is 15.5. The first-order chi connectivity index (χ1) is 9.97. The lowest BCUT2D eigenvalue weighted by Gasteiger charge is -2.03. The van der Waals surface area contributed by atoms with Gasteiger partial charge < -0.3 is 10.3 Å². The van der Waals surface area contributed by atoms with Crippen molar-refractivity contribution in [1.82, 2.24) is 15.2 Å². The molecule has 7 heteroatoms. The summed E-state index contributed by atoms with van der Waals surface area (Å²) in [7, 11) is 0. The molecule has 0 aliphatic carbocycles. The Balaban J connectivity index is 1.98. The molecular formula is C14H12Br2N4O. The summed E-state index contributed by atoms with van der Waals surface area (Å²) in [6.07, 6.45) is 1.70. The molecule has 0 atom stereocenters. The number of anilines is 1. The van der Waals surface area contributed by atoms with E-state index in [0.29, 0.717) is 11.4 Å². The average molecular weight is 412 g/mol. The molecule has 3 rings (SSSR count). The topological polar surface area (TPSA) is 73.6 Å². The lowest BCUT2D eigenvalue weighted by atomic mass is 10.1. The Bertz CT molecular complexity index is 850. The number of benzene rings is 1. The van der Waals surface area contributed by atoms with Crippen LogP contribution in [0.5, 0.6) is 0 Å². The van der Waals surface area contributed by atoms with Crippen molar-refractivity contribution >= 4 is 54.5 Å².